The molecule has 36 heavy (non-hydrogen) atoms. The van der Waals surface area contributed by atoms with Gasteiger partial charge in [0.2, 0.25) is 23.3 Å². The lowest BCUT2D eigenvalue weighted by Crippen LogP contribution is -2.56. The van der Waals surface area contributed by atoms with Gasteiger partial charge < -0.3 is 14.3 Å². The summed E-state index contributed by atoms with van der Waals surface area (Å²) in [4.78, 5) is 10.0. The summed E-state index contributed by atoms with van der Waals surface area (Å²) < 4.78 is 207. The average molecular weight is 562 g/mol. The van der Waals surface area contributed by atoms with Crippen molar-refractivity contribution in [3.63, 3.8) is 0 Å². The highest BCUT2D eigenvalue weighted by Gasteiger charge is 2.75. The summed E-state index contributed by atoms with van der Waals surface area (Å²) in [6, 6.07) is 0. The highest BCUT2D eigenvalue weighted by atomic mass is 19.4. The largest absolute Gasteiger partial charge is 0.460 e. The first-order valence-corrected chi connectivity index (χ1v) is 8.98. The van der Waals surface area contributed by atoms with Crippen LogP contribution >= 0.6 is 0 Å². The molecular formula is C18H13F15O3. The van der Waals surface area contributed by atoms with Gasteiger partial charge >= 0.3 is 18.0 Å². The fraction of sp³-hybridized carbons (Fsp3) is 0.500. The number of aldehydes is 1. The summed E-state index contributed by atoms with van der Waals surface area (Å²) in [5.74, 6) is -41.8. The number of alkyl halides is 7. The summed E-state index contributed by atoms with van der Waals surface area (Å²) in [7, 11) is 0. The molecule has 0 saturated heterocycles. The van der Waals surface area contributed by atoms with Crippen LogP contribution in [0.15, 0.2) is 46.6 Å². The van der Waals surface area contributed by atoms with Gasteiger partial charge in [0.1, 0.15) is 13.0 Å². The quantitative estimate of drug-likeness (QED) is 0.0957. The van der Waals surface area contributed by atoms with Crippen LogP contribution in [0.2, 0.25) is 0 Å². The van der Waals surface area contributed by atoms with Gasteiger partial charge in [-0.1, -0.05) is 0 Å². The number of halogens is 15. The molecule has 1 unspecified atom stereocenters. The molecule has 0 aliphatic heterocycles. The van der Waals surface area contributed by atoms with Gasteiger partial charge in [0.05, 0.1) is 13.2 Å². The van der Waals surface area contributed by atoms with Gasteiger partial charge in [-0.2, -0.15) is 26.3 Å². The summed E-state index contributed by atoms with van der Waals surface area (Å²) in [5.41, 5.74) is 0. The van der Waals surface area contributed by atoms with Gasteiger partial charge in [-0.25, -0.2) is 39.5 Å². The molecule has 1 atom stereocenters. The lowest BCUT2D eigenvalue weighted by molar-refractivity contribution is -0.375. The fourth-order valence-electron chi connectivity index (χ4n) is 1.88. The highest BCUT2D eigenvalue weighted by Crippen LogP contribution is 2.51. The van der Waals surface area contributed by atoms with E-state index < -0.39 is 90.9 Å². The molecule has 0 heterocycles. The molecular weight excluding hydrogens is 549 g/mol. The SMILES string of the molecule is O=CCCOCCCOC(F)(/C(F)=C(F)/C(F)=C(F)/C(F)=C(F)/C(F)=C(\F)CF)C(F)(F)C(F)(F)F. The maximum absolute atomic E-state index is 14.5. The van der Waals surface area contributed by atoms with E-state index in [0.29, 0.717) is 6.29 Å². The van der Waals surface area contributed by atoms with Crippen LogP contribution in [-0.2, 0) is 14.3 Å². The first kappa shape index (κ1) is 33.5. The molecule has 0 aliphatic rings. The molecule has 0 aromatic heterocycles. The molecule has 0 amide bonds. The summed E-state index contributed by atoms with van der Waals surface area (Å²) in [6.07, 6.45) is -7.73. The van der Waals surface area contributed by atoms with Crippen LogP contribution in [0.5, 0.6) is 0 Å². The summed E-state index contributed by atoms with van der Waals surface area (Å²) >= 11 is 0. The minimum atomic E-state index is -7.06. The van der Waals surface area contributed by atoms with Crippen LogP contribution in [0, 0.1) is 0 Å². The van der Waals surface area contributed by atoms with E-state index in [1.165, 1.54) is 0 Å². The number of allylic oxidation sites excluding steroid dienone is 7. The van der Waals surface area contributed by atoms with E-state index in [9.17, 15) is 70.7 Å². The predicted octanol–water partition coefficient (Wildman–Crippen LogP) is 7.43. The zero-order chi connectivity index (χ0) is 28.5. The Morgan fingerprint density at radius 3 is 1.58 bits per heavy atom. The maximum atomic E-state index is 14.5. The number of hydrogen-bond donors (Lipinski definition) is 0. The van der Waals surface area contributed by atoms with Gasteiger partial charge in [-0.15, -0.1) is 0 Å². The number of ether oxygens (including phenoxy) is 2. The molecule has 0 N–H and O–H groups in total. The van der Waals surface area contributed by atoms with Crippen LogP contribution in [0.4, 0.5) is 65.9 Å². The van der Waals surface area contributed by atoms with E-state index >= 15 is 0 Å². The van der Waals surface area contributed by atoms with Crippen molar-refractivity contribution in [3.05, 3.63) is 46.6 Å². The minimum absolute atomic E-state index is 0.203. The molecule has 0 rings (SSSR count). The Balaban J connectivity index is 6.47. The first-order valence-electron chi connectivity index (χ1n) is 8.98. The summed E-state index contributed by atoms with van der Waals surface area (Å²) in [5, 5.41) is 0. The van der Waals surface area contributed by atoms with Crippen LogP contribution in [0.1, 0.15) is 12.8 Å². The van der Waals surface area contributed by atoms with E-state index in [2.05, 4.69) is 9.47 Å². The van der Waals surface area contributed by atoms with E-state index in [4.69, 9.17) is 0 Å². The topological polar surface area (TPSA) is 35.5 Å². The highest BCUT2D eigenvalue weighted by molar-refractivity contribution is 5.49. The van der Waals surface area contributed by atoms with E-state index in [1.807, 2.05) is 0 Å². The second-order valence-electron chi connectivity index (χ2n) is 6.17. The smallest absolute Gasteiger partial charge is 0.381 e. The van der Waals surface area contributed by atoms with Gasteiger partial charge in [0.15, 0.2) is 23.3 Å². The second-order valence-corrected chi connectivity index (χ2v) is 6.17. The molecule has 3 nitrogen and oxygen atoms in total. The molecule has 0 radical (unpaired) electrons. The lowest BCUT2D eigenvalue weighted by Gasteiger charge is -2.33. The fourth-order valence-corrected chi connectivity index (χ4v) is 1.88. The number of carbonyl (C=O) groups excluding carboxylic acids is 1. The van der Waals surface area contributed by atoms with Crippen LogP contribution in [0.3, 0.4) is 0 Å². The Bertz CT molecular complexity index is 904. The molecule has 18 heteroatoms. The van der Waals surface area contributed by atoms with Crippen molar-refractivity contribution in [1.82, 2.24) is 0 Å². The van der Waals surface area contributed by atoms with Crippen LogP contribution < -0.4 is 0 Å². The number of hydrogen-bond acceptors (Lipinski definition) is 3. The maximum Gasteiger partial charge on any atom is 0.460 e. The monoisotopic (exact) mass is 562 g/mol. The van der Waals surface area contributed by atoms with Crippen molar-refractivity contribution in [3.8, 4) is 0 Å². The Hall–Kier alpha value is -2.50. The average Bonchev–Trinajstić information content (AvgIpc) is 2.83. The molecule has 0 aromatic carbocycles. The first-order chi connectivity index (χ1) is 16.4. The van der Waals surface area contributed by atoms with Crippen molar-refractivity contribution in [1.29, 1.82) is 0 Å². The number of carbonyl (C=O) groups is 1. The third-order valence-corrected chi connectivity index (χ3v) is 3.67. The van der Waals surface area contributed by atoms with Gasteiger partial charge in [0, 0.05) is 13.0 Å². The van der Waals surface area contributed by atoms with Crippen LogP contribution in [-0.4, -0.2) is 50.7 Å². The second kappa shape index (κ2) is 13.7. The Morgan fingerprint density at radius 2 is 1.14 bits per heavy atom. The summed E-state index contributed by atoms with van der Waals surface area (Å²) in [6.45, 7) is -5.01. The molecule has 0 fully saturated rings. The standard InChI is InChI=1S/C18H13F15O3/c19-7-8(20)9(21)10(22)11(23)12(24)13(25)14(26)15(27)16(28,17(29,30)18(31,32)33)36-6-2-5-35-4-1-3-34/h3H,1-2,4-7H2/b9-8+,11-10+,13-12+,15-14+. The molecule has 0 bridgehead atoms. The lowest BCUT2D eigenvalue weighted by atomic mass is 10.1. The van der Waals surface area contributed by atoms with Gasteiger partial charge in [-0.05, 0) is 6.42 Å². The van der Waals surface area contributed by atoms with Crippen molar-refractivity contribution < 1.29 is 80.1 Å². The van der Waals surface area contributed by atoms with Crippen molar-refractivity contribution in [2.45, 2.75) is 30.8 Å². The molecule has 208 valence electrons. The van der Waals surface area contributed by atoms with E-state index in [1.54, 1.807) is 0 Å². The predicted molar refractivity (Wildman–Crippen MR) is 89.9 cm³/mol. The van der Waals surface area contributed by atoms with Crippen molar-refractivity contribution >= 4 is 6.29 Å². The van der Waals surface area contributed by atoms with Crippen LogP contribution in [0.25, 0.3) is 0 Å². The third-order valence-electron chi connectivity index (χ3n) is 3.67. The van der Waals surface area contributed by atoms with Crippen molar-refractivity contribution in [2.75, 3.05) is 26.5 Å². The zero-order valence-electron chi connectivity index (χ0n) is 17.2. The molecule has 0 saturated carbocycles. The van der Waals surface area contributed by atoms with E-state index in [-0.39, 0.29) is 13.0 Å². The Morgan fingerprint density at radius 1 is 0.667 bits per heavy atom. The van der Waals surface area contributed by atoms with E-state index in [0.717, 1.165) is 0 Å². The molecule has 0 aliphatic carbocycles. The minimum Gasteiger partial charge on any atom is -0.381 e. The normalized spacial score (nSPS) is 17.5. The Kier molecular flexibility index (Phi) is 12.8. The van der Waals surface area contributed by atoms with Crippen molar-refractivity contribution in [2.24, 2.45) is 0 Å². The zero-order valence-corrected chi connectivity index (χ0v) is 17.2. The molecule has 0 spiro atoms. The molecule has 0 aromatic rings. The Labute approximate surface area is 191 Å². The third kappa shape index (κ3) is 7.75. The van der Waals surface area contributed by atoms with Gasteiger partial charge in [0.25, 0.3) is 0 Å². The number of rotatable bonds is 14. The van der Waals surface area contributed by atoms with Gasteiger partial charge in [-0.3, -0.25) is 0 Å².